The van der Waals surface area contributed by atoms with Crippen molar-refractivity contribution in [3.8, 4) is 11.5 Å². The summed E-state index contributed by atoms with van der Waals surface area (Å²) in [6.07, 6.45) is -4.87. The van der Waals surface area contributed by atoms with Gasteiger partial charge in [-0.25, -0.2) is 0 Å². The molecule has 1 saturated heterocycles. The fourth-order valence-electron chi connectivity index (χ4n) is 3.65. The quantitative estimate of drug-likeness (QED) is 0.746. The van der Waals surface area contributed by atoms with Crippen LogP contribution in [0.25, 0.3) is 0 Å². The Bertz CT molecular complexity index is 829. The van der Waals surface area contributed by atoms with Crippen molar-refractivity contribution in [1.29, 1.82) is 0 Å². The van der Waals surface area contributed by atoms with Crippen molar-refractivity contribution in [2.24, 2.45) is 5.92 Å². The van der Waals surface area contributed by atoms with E-state index < -0.39 is 24.1 Å². The monoisotopic (exact) mass is 393 g/mol. The van der Waals surface area contributed by atoms with Gasteiger partial charge in [0.25, 0.3) is 0 Å². The van der Waals surface area contributed by atoms with E-state index in [4.69, 9.17) is 9.84 Å². The Morgan fingerprint density at radius 2 is 1.75 bits per heavy atom. The van der Waals surface area contributed by atoms with Crippen LogP contribution in [-0.4, -0.2) is 29.8 Å². The lowest BCUT2D eigenvalue weighted by Crippen LogP contribution is -2.32. The number of aryl methyl sites for hydroxylation is 2. The number of anilines is 1. The van der Waals surface area contributed by atoms with Crippen LogP contribution in [-0.2, 0) is 4.79 Å². The highest BCUT2D eigenvalue weighted by Crippen LogP contribution is 2.40. The molecule has 2 aromatic rings. The second-order valence-electron chi connectivity index (χ2n) is 7.20. The summed E-state index contributed by atoms with van der Waals surface area (Å²) in [5.41, 5.74) is 2.53. The molecular formula is C21H22F3NO3. The van der Waals surface area contributed by atoms with E-state index in [1.807, 2.05) is 32.0 Å². The van der Waals surface area contributed by atoms with Gasteiger partial charge < -0.3 is 14.7 Å². The Hall–Kier alpha value is -2.70. The molecule has 0 amide bonds. The summed E-state index contributed by atoms with van der Waals surface area (Å²) in [5, 5.41) is 9.06. The SMILES string of the molecule is Cc1cccc(C)c1Oc1ccc(N2C[C@@H](C(F)(F)F)C[C@H]2CC(=O)O)cc1. The molecule has 3 rings (SSSR count). The highest BCUT2D eigenvalue weighted by molar-refractivity contribution is 5.69. The van der Waals surface area contributed by atoms with Crippen LogP contribution in [0.2, 0.25) is 0 Å². The van der Waals surface area contributed by atoms with Gasteiger partial charge in [0.15, 0.2) is 0 Å². The number of carboxylic acid groups (broad SMARTS) is 1. The van der Waals surface area contributed by atoms with Gasteiger partial charge in [-0.15, -0.1) is 0 Å². The largest absolute Gasteiger partial charge is 0.481 e. The number of carboxylic acids is 1. The molecule has 2 aromatic carbocycles. The van der Waals surface area contributed by atoms with Crippen LogP contribution in [0.4, 0.5) is 18.9 Å². The van der Waals surface area contributed by atoms with Crippen LogP contribution in [0.5, 0.6) is 11.5 Å². The number of hydrogen-bond donors (Lipinski definition) is 1. The molecule has 1 aliphatic heterocycles. The van der Waals surface area contributed by atoms with Crippen molar-refractivity contribution in [2.45, 2.75) is 38.9 Å². The van der Waals surface area contributed by atoms with Crippen LogP contribution < -0.4 is 9.64 Å². The molecule has 0 unspecified atom stereocenters. The number of rotatable bonds is 5. The van der Waals surface area contributed by atoms with Gasteiger partial charge in [-0.1, -0.05) is 18.2 Å². The topological polar surface area (TPSA) is 49.8 Å². The molecule has 1 heterocycles. The van der Waals surface area contributed by atoms with Gasteiger partial charge in [0, 0.05) is 18.3 Å². The maximum absolute atomic E-state index is 13.1. The van der Waals surface area contributed by atoms with Gasteiger partial charge in [-0.3, -0.25) is 4.79 Å². The highest BCUT2D eigenvalue weighted by Gasteiger charge is 2.47. The zero-order valence-electron chi connectivity index (χ0n) is 15.7. The maximum atomic E-state index is 13.1. The Kier molecular flexibility index (Phi) is 5.54. The van der Waals surface area contributed by atoms with E-state index in [2.05, 4.69) is 0 Å². The minimum atomic E-state index is -4.34. The molecule has 1 fully saturated rings. The standard InChI is InChI=1S/C21H22F3NO3/c1-13-4-3-5-14(2)20(13)28-18-8-6-16(7-9-18)25-12-15(21(22,23)24)10-17(25)11-19(26)27/h3-9,15,17H,10-12H2,1-2H3,(H,26,27)/t15-,17-/m0/s1. The summed E-state index contributed by atoms with van der Waals surface area (Å²) < 4.78 is 45.4. The molecule has 1 aliphatic rings. The first kappa shape index (κ1) is 20.0. The summed E-state index contributed by atoms with van der Waals surface area (Å²) in [4.78, 5) is 12.6. The molecule has 4 nitrogen and oxygen atoms in total. The number of para-hydroxylation sites is 1. The zero-order valence-corrected chi connectivity index (χ0v) is 15.7. The average molecular weight is 393 g/mol. The van der Waals surface area contributed by atoms with Crippen molar-refractivity contribution >= 4 is 11.7 Å². The van der Waals surface area contributed by atoms with Gasteiger partial charge in [0.2, 0.25) is 0 Å². The van der Waals surface area contributed by atoms with Crippen molar-refractivity contribution in [2.75, 3.05) is 11.4 Å². The molecule has 1 N–H and O–H groups in total. The molecule has 0 aromatic heterocycles. The molecule has 7 heteroatoms. The maximum Gasteiger partial charge on any atom is 0.393 e. The average Bonchev–Trinajstić information content (AvgIpc) is 3.02. The van der Waals surface area contributed by atoms with Crippen molar-refractivity contribution in [3.63, 3.8) is 0 Å². The van der Waals surface area contributed by atoms with Gasteiger partial charge >= 0.3 is 12.1 Å². The molecule has 0 aliphatic carbocycles. The molecule has 0 radical (unpaired) electrons. The molecule has 2 atom stereocenters. The van der Waals surface area contributed by atoms with Crippen LogP contribution in [0.1, 0.15) is 24.0 Å². The molecular weight excluding hydrogens is 371 g/mol. The first-order valence-corrected chi connectivity index (χ1v) is 9.04. The number of aliphatic carboxylic acids is 1. The van der Waals surface area contributed by atoms with Crippen molar-refractivity contribution in [1.82, 2.24) is 0 Å². The first-order chi connectivity index (χ1) is 13.1. The number of halogens is 3. The van der Waals surface area contributed by atoms with E-state index in [0.717, 1.165) is 16.9 Å². The van der Waals surface area contributed by atoms with Crippen molar-refractivity contribution < 1.29 is 27.8 Å². The lowest BCUT2D eigenvalue weighted by Gasteiger charge is -2.26. The number of hydrogen-bond acceptors (Lipinski definition) is 3. The minimum Gasteiger partial charge on any atom is -0.481 e. The van der Waals surface area contributed by atoms with Crippen LogP contribution in [0.3, 0.4) is 0 Å². The summed E-state index contributed by atoms with van der Waals surface area (Å²) in [5.74, 6) is -1.31. The molecule has 150 valence electrons. The van der Waals surface area contributed by atoms with E-state index in [1.165, 1.54) is 4.90 Å². The summed E-state index contributed by atoms with van der Waals surface area (Å²) in [6, 6.07) is 11.9. The Balaban J connectivity index is 1.80. The number of benzene rings is 2. The normalized spacial score (nSPS) is 19.7. The first-order valence-electron chi connectivity index (χ1n) is 9.04. The molecule has 0 saturated carbocycles. The zero-order chi connectivity index (χ0) is 20.5. The molecule has 0 bridgehead atoms. The van der Waals surface area contributed by atoms with Gasteiger partial charge in [0.1, 0.15) is 11.5 Å². The van der Waals surface area contributed by atoms with E-state index in [0.29, 0.717) is 11.4 Å². The lowest BCUT2D eigenvalue weighted by atomic mass is 10.0. The highest BCUT2D eigenvalue weighted by atomic mass is 19.4. The lowest BCUT2D eigenvalue weighted by molar-refractivity contribution is -0.169. The van der Waals surface area contributed by atoms with E-state index in [1.54, 1.807) is 24.3 Å². The third-order valence-corrected chi connectivity index (χ3v) is 5.08. The fourth-order valence-corrected chi connectivity index (χ4v) is 3.65. The number of nitrogens with zero attached hydrogens (tertiary/aromatic N) is 1. The molecule has 28 heavy (non-hydrogen) atoms. The number of ether oxygens (including phenoxy) is 1. The predicted molar refractivity (Wildman–Crippen MR) is 100.0 cm³/mol. The van der Waals surface area contributed by atoms with Crippen LogP contribution in [0, 0.1) is 19.8 Å². The van der Waals surface area contributed by atoms with Gasteiger partial charge in [-0.05, 0) is 55.7 Å². The number of carbonyl (C=O) groups is 1. The minimum absolute atomic E-state index is 0.212. The predicted octanol–water partition coefficient (Wildman–Crippen LogP) is 5.33. The Morgan fingerprint density at radius 1 is 1.14 bits per heavy atom. The third-order valence-electron chi connectivity index (χ3n) is 5.08. The smallest absolute Gasteiger partial charge is 0.393 e. The number of alkyl halides is 3. The third kappa shape index (κ3) is 4.40. The Morgan fingerprint density at radius 3 is 2.29 bits per heavy atom. The fraction of sp³-hybridized carbons (Fsp3) is 0.381. The van der Waals surface area contributed by atoms with E-state index in [-0.39, 0.29) is 19.4 Å². The summed E-state index contributed by atoms with van der Waals surface area (Å²) in [7, 11) is 0. The second kappa shape index (κ2) is 7.73. The van der Waals surface area contributed by atoms with E-state index >= 15 is 0 Å². The van der Waals surface area contributed by atoms with E-state index in [9.17, 15) is 18.0 Å². The van der Waals surface area contributed by atoms with Crippen LogP contribution in [0.15, 0.2) is 42.5 Å². The van der Waals surface area contributed by atoms with Gasteiger partial charge in [0.05, 0.1) is 12.3 Å². The van der Waals surface area contributed by atoms with Gasteiger partial charge in [-0.2, -0.15) is 13.2 Å². The van der Waals surface area contributed by atoms with Crippen molar-refractivity contribution in [3.05, 3.63) is 53.6 Å². The second-order valence-corrected chi connectivity index (χ2v) is 7.20. The summed E-state index contributed by atoms with van der Waals surface area (Å²) >= 11 is 0. The van der Waals surface area contributed by atoms with Crippen LogP contribution >= 0.6 is 0 Å². The molecule has 0 spiro atoms. The Labute approximate surface area is 161 Å². The summed E-state index contributed by atoms with van der Waals surface area (Å²) in [6.45, 7) is 3.64.